The SMILES string of the molecule is CCCCN(CC)c1ncnc(NCCC)c1CC. The zero-order chi connectivity index (χ0) is 14.1. The third-order valence-electron chi connectivity index (χ3n) is 3.28. The van der Waals surface area contributed by atoms with Crippen molar-refractivity contribution in [2.45, 2.75) is 53.4 Å². The highest BCUT2D eigenvalue weighted by atomic mass is 15.2. The zero-order valence-electron chi connectivity index (χ0n) is 12.9. The van der Waals surface area contributed by atoms with Crippen molar-refractivity contribution in [2.75, 3.05) is 29.9 Å². The second kappa shape index (κ2) is 8.73. The second-order valence-electron chi connectivity index (χ2n) is 4.74. The van der Waals surface area contributed by atoms with Crippen LogP contribution in [0.5, 0.6) is 0 Å². The topological polar surface area (TPSA) is 41.1 Å². The van der Waals surface area contributed by atoms with E-state index in [1.165, 1.54) is 18.4 Å². The predicted octanol–water partition coefficient (Wildman–Crippen LogP) is 3.49. The Kier molecular flexibility index (Phi) is 7.23. The molecule has 0 aliphatic carbocycles. The van der Waals surface area contributed by atoms with Gasteiger partial charge in [0.2, 0.25) is 0 Å². The Balaban J connectivity index is 2.97. The molecule has 0 bridgehead atoms. The normalized spacial score (nSPS) is 10.5. The molecule has 0 aliphatic rings. The summed E-state index contributed by atoms with van der Waals surface area (Å²) in [5, 5.41) is 3.41. The molecular formula is C15H28N4. The summed E-state index contributed by atoms with van der Waals surface area (Å²) in [6, 6.07) is 0. The van der Waals surface area contributed by atoms with E-state index in [2.05, 4.69) is 47.9 Å². The molecule has 0 saturated heterocycles. The molecule has 0 fully saturated rings. The number of nitrogens with one attached hydrogen (secondary N) is 1. The average molecular weight is 264 g/mol. The first-order valence-electron chi connectivity index (χ1n) is 7.61. The van der Waals surface area contributed by atoms with Crippen LogP contribution in [0.15, 0.2) is 6.33 Å². The van der Waals surface area contributed by atoms with E-state index in [-0.39, 0.29) is 0 Å². The minimum absolute atomic E-state index is 0.963. The quantitative estimate of drug-likeness (QED) is 0.741. The molecule has 19 heavy (non-hydrogen) atoms. The van der Waals surface area contributed by atoms with Crippen molar-refractivity contribution in [3.05, 3.63) is 11.9 Å². The summed E-state index contributed by atoms with van der Waals surface area (Å²) >= 11 is 0. The number of rotatable bonds is 9. The summed E-state index contributed by atoms with van der Waals surface area (Å²) in [4.78, 5) is 11.3. The number of unbranched alkanes of at least 4 members (excludes halogenated alkanes) is 1. The highest BCUT2D eigenvalue weighted by Gasteiger charge is 2.14. The maximum absolute atomic E-state index is 4.52. The second-order valence-corrected chi connectivity index (χ2v) is 4.74. The van der Waals surface area contributed by atoms with Gasteiger partial charge in [0.1, 0.15) is 18.0 Å². The molecule has 0 atom stereocenters. The molecule has 0 saturated carbocycles. The summed E-state index contributed by atoms with van der Waals surface area (Å²) in [6.45, 7) is 11.8. The van der Waals surface area contributed by atoms with Gasteiger partial charge in [-0.05, 0) is 26.2 Å². The van der Waals surface area contributed by atoms with Crippen molar-refractivity contribution in [1.82, 2.24) is 9.97 Å². The summed E-state index contributed by atoms with van der Waals surface area (Å²) in [7, 11) is 0. The van der Waals surface area contributed by atoms with Crippen LogP contribution in [0.2, 0.25) is 0 Å². The molecule has 1 rings (SSSR count). The number of nitrogens with zero attached hydrogens (tertiary/aromatic N) is 3. The number of hydrogen-bond donors (Lipinski definition) is 1. The monoisotopic (exact) mass is 264 g/mol. The smallest absolute Gasteiger partial charge is 0.137 e. The Morgan fingerprint density at radius 2 is 1.89 bits per heavy atom. The van der Waals surface area contributed by atoms with E-state index in [4.69, 9.17) is 0 Å². The lowest BCUT2D eigenvalue weighted by atomic mass is 10.2. The summed E-state index contributed by atoms with van der Waals surface area (Å²) < 4.78 is 0. The highest BCUT2D eigenvalue weighted by Crippen LogP contribution is 2.24. The molecule has 1 aromatic rings. The lowest BCUT2D eigenvalue weighted by Gasteiger charge is -2.25. The molecule has 0 amide bonds. The van der Waals surface area contributed by atoms with Gasteiger partial charge < -0.3 is 10.2 Å². The molecule has 1 aromatic heterocycles. The number of hydrogen-bond acceptors (Lipinski definition) is 4. The molecular weight excluding hydrogens is 236 g/mol. The van der Waals surface area contributed by atoms with Crippen LogP contribution < -0.4 is 10.2 Å². The maximum Gasteiger partial charge on any atom is 0.137 e. The molecule has 0 spiro atoms. The van der Waals surface area contributed by atoms with Crippen LogP contribution in [0.4, 0.5) is 11.6 Å². The number of anilines is 2. The first-order chi connectivity index (χ1) is 9.28. The van der Waals surface area contributed by atoms with Gasteiger partial charge in [-0.15, -0.1) is 0 Å². The van der Waals surface area contributed by atoms with Crippen molar-refractivity contribution in [2.24, 2.45) is 0 Å². The molecule has 4 heteroatoms. The Labute approximate surface area is 117 Å². The summed E-state index contributed by atoms with van der Waals surface area (Å²) in [6.07, 6.45) is 6.17. The largest absolute Gasteiger partial charge is 0.370 e. The van der Waals surface area contributed by atoms with Crippen molar-refractivity contribution >= 4 is 11.6 Å². The minimum atomic E-state index is 0.963. The van der Waals surface area contributed by atoms with Crippen LogP contribution in [-0.2, 0) is 6.42 Å². The molecule has 0 aromatic carbocycles. The standard InChI is InChI=1S/C15H28N4/c1-5-9-11-19(8-4)15-13(7-3)14(16-10-6-2)17-12-18-15/h12H,5-11H2,1-4H3,(H,16,17,18). The molecule has 108 valence electrons. The van der Waals surface area contributed by atoms with Crippen LogP contribution in [0.1, 0.15) is 52.5 Å². The van der Waals surface area contributed by atoms with Crippen LogP contribution >= 0.6 is 0 Å². The number of aromatic nitrogens is 2. The van der Waals surface area contributed by atoms with Gasteiger partial charge in [0, 0.05) is 25.2 Å². The van der Waals surface area contributed by atoms with Gasteiger partial charge in [0.05, 0.1) is 0 Å². The maximum atomic E-state index is 4.52. The molecule has 1 heterocycles. The summed E-state index contributed by atoms with van der Waals surface area (Å²) in [5.74, 6) is 2.11. The van der Waals surface area contributed by atoms with Gasteiger partial charge in [-0.2, -0.15) is 0 Å². The lowest BCUT2D eigenvalue weighted by molar-refractivity contribution is 0.718. The van der Waals surface area contributed by atoms with E-state index >= 15 is 0 Å². The average Bonchev–Trinajstić information content (AvgIpc) is 2.45. The molecule has 0 aliphatic heterocycles. The van der Waals surface area contributed by atoms with Gasteiger partial charge in [0.15, 0.2) is 0 Å². The fraction of sp³-hybridized carbons (Fsp3) is 0.733. The van der Waals surface area contributed by atoms with E-state index < -0.39 is 0 Å². The Bertz CT molecular complexity index is 365. The fourth-order valence-electron chi connectivity index (χ4n) is 2.16. The van der Waals surface area contributed by atoms with Crippen molar-refractivity contribution in [3.63, 3.8) is 0 Å². The van der Waals surface area contributed by atoms with E-state index in [1.807, 2.05) is 0 Å². The fourth-order valence-corrected chi connectivity index (χ4v) is 2.16. The zero-order valence-corrected chi connectivity index (χ0v) is 12.9. The van der Waals surface area contributed by atoms with Gasteiger partial charge in [0.25, 0.3) is 0 Å². The van der Waals surface area contributed by atoms with Crippen LogP contribution in [0.3, 0.4) is 0 Å². The van der Waals surface area contributed by atoms with E-state index in [0.717, 1.165) is 44.1 Å². The first kappa shape index (κ1) is 15.7. The highest BCUT2D eigenvalue weighted by molar-refractivity contribution is 5.58. The third-order valence-corrected chi connectivity index (χ3v) is 3.28. The molecule has 0 unspecified atom stereocenters. The van der Waals surface area contributed by atoms with Gasteiger partial charge in [-0.3, -0.25) is 0 Å². The van der Waals surface area contributed by atoms with E-state index in [1.54, 1.807) is 6.33 Å². The van der Waals surface area contributed by atoms with Crippen LogP contribution in [0.25, 0.3) is 0 Å². The minimum Gasteiger partial charge on any atom is -0.370 e. The van der Waals surface area contributed by atoms with Gasteiger partial charge in [-0.25, -0.2) is 9.97 Å². The molecule has 1 N–H and O–H groups in total. The van der Waals surface area contributed by atoms with E-state index in [9.17, 15) is 0 Å². The lowest BCUT2D eigenvalue weighted by Crippen LogP contribution is -2.26. The molecule has 4 nitrogen and oxygen atoms in total. The van der Waals surface area contributed by atoms with Gasteiger partial charge in [-0.1, -0.05) is 27.2 Å². The first-order valence-corrected chi connectivity index (χ1v) is 7.61. The predicted molar refractivity (Wildman–Crippen MR) is 83.0 cm³/mol. The summed E-state index contributed by atoms with van der Waals surface area (Å²) in [5.41, 5.74) is 1.24. The van der Waals surface area contributed by atoms with Crippen molar-refractivity contribution in [1.29, 1.82) is 0 Å². The third kappa shape index (κ3) is 4.37. The van der Waals surface area contributed by atoms with Crippen molar-refractivity contribution < 1.29 is 0 Å². The Morgan fingerprint density at radius 3 is 2.47 bits per heavy atom. The van der Waals surface area contributed by atoms with Crippen molar-refractivity contribution in [3.8, 4) is 0 Å². The Morgan fingerprint density at radius 1 is 1.11 bits per heavy atom. The molecule has 0 radical (unpaired) electrons. The van der Waals surface area contributed by atoms with Gasteiger partial charge >= 0.3 is 0 Å². The Hall–Kier alpha value is -1.32. The van der Waals surface area contributed by atoms with Crippen LogP contribution in [-0.4, -0.2) is 29.6 Å². The van der Waals surface area contributed by atoms with Crippen LogP contribution in [0, 0.1) is 0 Å². The van der Waals surface area contributed by atoms with E-state index in [0.29, 0.717) is 0 Å².